The van der Waals surface area contributed by atoms with E-state index in [2.05, 4.69) is 38.0 Å². The second-order valence-electron chi connectivity index (χ2n) is 6.00. The third-order valence-electron chi connectivity index (χ3n) is 3.52. The number of aliphatic hydroxyl groups is 1. The number of methoxy groups -OCH3 is 1. The molecule has 0 aliphatic rings. The van der Waals surface area contributed by atoms with Crippen LogP contribution in [0.5, 0.6) is 5.75 Å². The van der Waals surface area contributed by atoms with E-state index in [0.29, 0.717) is 11.4 Å². The van der Waals surface area contributed by atoms with Crippen LogP contribution in [0.3, 0.4) is 0 Å². The normalized spacial score (nSPS) is 13.3. The van der Waals surface area contributed by atoms with Gasteiger partial charge in [0.2, 0.25) is 0 Å². The monoisotopic (exact) mass is 274 g/mol. The first kappa shape index (κ1) is 14.6. The van der Waals surface area contributed by atoms with E-state index >= 15 is 0 Å². The van der Waals surface area contributed by atoms with Crippen molar-refractivity contribution in [3.63, 3.8) is 0 Å². The molecule has 1 atom stereocenters. The van der Waals surface area contributed by atoms with E-state index in [-0.39, 0.29) is 5.41 Å². The van der Waals surface area contributed by atoms with Gasteiger partial charge in [0.15, 0.2) is 5.75 Å². The van der Waals surface area contributed by atoms with Gasteiger partial charge in [-0.1, -0.05) is 45.0 Å². The molecular weight excluding hydrogens is 252 g/mol. The molecule has 1 N–H and O–H groups in total. The molecule has 0 amide bonds. The third kappa shape index (κ3) is 2.70. The number of aryl methyl sites for hydroxylation is 1. The molecule has 1 aromatic heterocycles. The van der Waals surface area contributed by atoms with Crippen LogP contribution in [0.4, 0.5) is 0 Å². The van der Waals surface area contributed by atoms with Crippen LogP contribution in [-0.2, 0) is 12.5 Å². The number of hydrogen-bond acceptors (Lipinski definition) is 3. The Hall–Kier alpha value is -1.81. The summed E-state index contributed by atoms with van der Waals surface area (Å²) in [6, 6.07) is 8.03. The number of hydrogen-bond donors (Lipinski definition) is 1. The Kier molecular flexibility index (Phi) is 3.86. The minimum Gasteiger partial charge on any atom is -0.493 e. The first-order valence-corrected chi connectivity index (χ1v) is 6.69. The highest BCUT2D eigenvalue weighted by atomic mass is 16.5. The van der Waals surface area contributed by atoms with E-state index < -0.39 is 6.10 Å². The maximum atomic E-state index is 10.5. The molecule has 4 nitrogen and oxygen atoms in total. The van der Waals surface area contributed by atoms with Crippen molar-refractivity contribution in [1.82, 2.24) is 9.78 Å². The average molecular weight is 274 g/mol. The third-order valence-corrected chi connectivity index (χ3v) is 3.52. The van der Waals surface area contributed by atoms with Crippen LogP contribution in [0.2, 0.25) is 0 Å². The summed E-state index contributed by atoms with van der Waals surface area (Å²) in [6.45, 7) is 6.51. The second kappa shape index (κ2) is 5.29. The second-order valence-corrected chi connectivity index (χ2v) is 6.00. The van der Waals surface area contributed by atoms with Crippen molar-refractivity contribution in [1.29, 1.82) is 0 Å². The fourth-order valence-electron chi connectivity index (χ4n) is 2.22. The molecule has 2 rings (SSSR count). The lowest BCUT2D eigenvalue weighted by Crippen LogP contribution is -2.12. The van der Waals surface area contributed by atoms with E-state index in [4.69, 9.17) is 4.74 Å². The summed E-state index contributed by atoms with van der Waals surface area (Å²) < 4.78 is 6.88. The molecule has 0 saturated heterocycles. The van der Waals surface area contributed by atoms with Gasteiger partial charge in [-0.05, 0) is 16.5 Å². The van der Waals surface area contributed by atoms with E-state index in [1.165, 1.54) is 5.56 Å². The van der Waals surface area contributed by atoms with Crippen LogP contribution in [0.1, 0.15) is 43.7 Å². The van der Waals surface area contributed by atoms with Crippen molar-refractivity contribution < 1.29 is 9.84 Å². The Labute approximate surface area is 120 Å². The number of aliphatic hydroxyl groups excluding tert-OH is 1. The van der Waals surface area contributed by atoms with Gasteiger partial charge in [-0.15, -0.1) is 0 Å². The molecule has 0 aliphatic heterocycles. The summed E-state index contributed by atoms with van der Waals surface area (Å²) in [5, 5.41) is 14.6. The van der Waals surface area contributed by atoms with Crippen LogP contribution >= 0.6 is 0 Å². The maximum absolute atomic E-state index is 10.5. The lowest BCUT2D eigenvalue weighted by Gasteiger charge is -2.20. The van der Waals surface area contributed by atoms with Gasteiger partial charge in [-0.25, -0.2) is 0 Å². The van der Waals surface area contributed by atoms with Crippen molar-refractivity contribution in [2.75, 3.05) is 7.11 Å². The summed E-state index contributed by atoms with van der Waals surface area (Å²) >= 11 is 0. The molecule has 0 bridgehead atoms. The molecule has 108 valence electrons. The van der Waals surface area contributed by atoms with Crippen molar-refractivity contribution >= 4 is 0 Å². The fraction of sp³-hybridized carbons (Fsp3) is 0.438. The molecule has 1 unspecified atom stereocenters. The smallest absolute Gasteiger partial charge is 0.162 e. The van der Waals surface area contributed by atoms with Gasteiger partial charge < -0.3 is 9.84 Å². The Bertz CT molecular complexity index is 580. The average Bonchev–Trinajstić information content (AvgIpc) is 2.78. The molecule has 0 radical (unpaired) electrons. The van der Waals surface area contributed by atoms with Crippen LogP contribution in [0.25, 0.3) is 0 Å². The van der Waals surface area contributed by atoms with Gasteiger partial charge in [0, 0.05) is 7.05 Å². The van der Waals surface area contributed by atoms with E-state index in [9.17, 15) is 5.11 Å². The standard InChI is InChI=1S/C16H22N2O2/c1-16(2,3)12-8-6-11(7-9-12)15(19)14-13(20-5)10-17-18(14)4/h6-10,15,19H,1-5H3. The fourth-order valence-corrected chi connectivity index (χ4v) is 2.22. The number of ether oxygens (including phenoxy) is 1. The lowest BCUT2D eigenvalue weighted by molar-refractivity contribution is 0.204. The Morgan fingerprint density at radius 2 is 1.80 bits per heavy atom. The molecule has 2 aromatic rings. The van der Waals surface area contributed by atoms with Gasteiger partial charge in [-0.2, -0.15) is 5.10 Å². The van der Waals surface area contributed by atoms with E-state index in [1.54, 1.807) is 25.0 Å². The molecular formula is C16H22N2O2. The van der Waals surface area contributed by atoms with Crippen molar-refractivity contribution in [2.45, 2.75) is 32.3 Å². The molecule has 4 heteroatoms. The van der Waals surface area contributed by atoms with E-state index in [0.717, 1.165) is 5.56 Å². The minimum absolute atomic E-state index is 0.105. The number of benzene rings is 1. The molecule has 0 aliphatic carbocycles. The van der Waals surface area contributed by atoms with Gasteiger partial charge in [0.05, 0.1) is 13.3 Å². The molecule has 0 saturated carbocycles. The molecule has 0 fully saturated rings. The van der Waals surface area contributed by atoms with Crippen LogP contribution in [0, 0.1) is 0 Å². The van der Waals surface area contributed by atoms with Gasteiger partial charge in [0.1, 0.15) is 11.8 Å². The number of rotatable bonds is 3. The molecule has 1 heterocycles. The van der Waals surface area contributed by atoms with Crippen LogP contribution in [0.15, 0.2) is 30.5 Å². The maximum Gasteiger partial charge on any atom is 0.162 e. The predicted molar refractivity (Wildman–Crippen MR) is 79.0 cm³/mol. The first-order chi connectivity index (χ1) is 9.34. The SMILES string of the molecule is COc1cnn(C)c1C(O)c1ccc(C(C)(C)C)cc1. The molecule has 20 heavy (non-hydrogen) atoms. The summed E-state index contributed by atoms with van der Waals surface area (Å²) in [6.07, 6.45) is 0.869. The Morgan fingerprint density at radius 3 is 2.30 bits per heavy atom. The molecule has 1 aromatic carbocycles. The Morgan fingerprint density at radius 1 is 1.20 bits per heavy atom. The zero-order valence-electron chi connectivity index (χ0n) is 12.7. The van der Waals surface area contributed by atoms with Gasteiger partial charge in [0.25, 0.3) is 0 Å². The largest absolute Gasteiger partial charge is 0.493 e. The number of aromatic nitrogens is 2. The van der Waals surface area contributed by atoms with Gasteiger partial charge in [-0.3, -0.25) is 4.68 Å². The summed E-state index contributed by atoms with van der Waals surface area (Å²) in [5.74, 6) is 0.597. The van der Waals surface area contributed by atoms with E-state index in [1.807, 2.05) is 12.1 Å². The zero-order valence-corrected chi connectivity index (χ0v) is 12.7. The predicted octanol–water partition coefficient (Wildman–Crippen LogP) is 2.81. The summed E-state index contributed by atoms with van der Waals surface area (Å²) in [7, 11) is 3.38. The van der Waals surface area contributed by atoms with Gasteiger partial charge >= 0.3 is 0 Å². The molecule has 0 spiro atoms. The van der Waals surface area contributed by atoms with Crippen molar-refractivity contribution in [2.24, 2.45) is 7.05 Å². The van der Waals surface area contributed by atoms with Crippen molar-refractivity contribution in [3.05, 3.63) is 47.3 Å². The minimum atomic E-state index is -0.744. The Balaban J connectivity index is 2.34. The summed E-state index contributed by atoms with van der Waals surface area (Å²) in [4.78, 5) is 0. The van der Waals surface area contributed by atoms with Crippen molar-refractivity contribution in [3.8, 4) is 5.75 Å². The lowest BCUT2D eigenvalue weighted by atomic mass is 9.86. The summed E-state index contributed by atoms with van der Waals surface area (Å²) in [5.41, 5.74) is 2.84. The van der Waals surface area contributed by atoms with Crippen LogP contribution < -0.4 is 4.74 Å². The quantitative estimate of drug-likeness (QED) is 0.936. The zero-order chi connectivity index (χ0) is 14.9. The highest BCUT2D eigenvalue weighted by Gasteiger charge is 2.21. The topological polar surface area (TPSA) is 47.3 Å². The highest BCUT2D eigenvalue weighted by Crippen LogP contribution is 2.30. The van der Waals surface area contributed by atoms with Crippen LogP contribution in [-0.4, -0.2) is 22.0 Å². The first-order valence-electron chi connectivity index (χ1n) is 6.69. The number of nitrogens with zero attached hydrogens (tertiary/aromatic N) is 2. The highest BCUT2D eigenvalue weighted by molar-refractivity contribution is 5.36.